The van der Waals surface area contributed by atoms with Crippen molar-refractivity contribution in [2.45, 2.75) is 34.1 Å². The summed E-state index contributed by atoms with van der Waals surface area (Å²) in [7, 11) is 0. The lowest BCUT2D eigenvalue weighted by molar-refractivity contribution is -0.133. The first kappa shape index (κ1) is 22.0. The highest BCUT2D eigenvalue weighted by Gasteiger charge is 2.27. The number of halogens is 1. The zero-order chi connectivity index (χ0) is 23.0. The van der Waals surface area contributed by atoms with E-state index in [4.69, 9.17) is 0 Å². The van der Waals surface area contributed by atoms with E-state index in [9.17, 15) is 14.3 Å². The normalized spacial score (nSPS) is 14.8. The fourth-order valence-corrected chi connectivity index (χ4v) is 4.04. The summed E-state index contributed by atoms with van der Waals surface area (Å²) in [4.78, 5) is 25.9. The number of anilines is 1. The minimum atomic E-state index is -0.569. The van der Waals surface area contributed by atoms with Gasteiger partial charge in [0.25, 0.3) is 0 Å². The Labute approximate surface area is 187 Å². The van der Waals surface area contributed by atoms with Crippen LogP contribution in [0.15, 0.2) is 36.4 Å². The number of aromatic hydroxyl groups is 1. The summed E-state index contributed by atoms with van der Waals surface area (Å²) in [5, 5.41) is 11.1. The number of phenols is 1. The van der Waals surface area contributed by atoms with Gasteiger partial charge < -0.3 is 14.9 Å². The molecule has 2 aromatic carbocycles. The molecule has 0 radical (unpaired) electrons. The Bertz CT molecular complexity index is 1140. The molecule has 1 fully saturated rings. The van der Waals surface area contributed by atoms with Crippen molar-refractivity contribution in [2.75, 3.05) is 31.1 Å². The second-order valence-corrected chi connectivity index (χ2v) is 9.63. The summed E-state index contributed by atoms with van der Waals surface area (Å²) in [6.45, 7) is 10.6. The second kappa shape index (κ2) is 8.37. The number of amides is 1. The lowest BCUT2D eigenvalue weighted by atomic mass is 9.91. The molecule has 1 aromatic heterocycles. The minimum absolute atomic E-state index is 0.00357. The van der Waals surface area contributed by atoms with E-state index in [1.807, 2.05) is 30.0 Å². The van der Waals surface area contributed by atoms with Gasteiger partial charge in [0.1, 0.15) is 17.4 Å². The molecule has 0 spiro atoms. The maximum absolute atomic E-state index is 14.6. The van der Waals surface area contributed by atoms with Crippen molar-refractivity contribution < 1.29 is 14.3 Å². The number of benzene rings is 2. The molecule has 1 amide bonds. The number of nitrogens with zero attached hydrogens (tertiary/aromatic N) is 4. The molecule has 0 aliphatic carbocycles. The zero-order valence-corrected chi connectivity index (χ0v) is 19.0. The van der Waals surface area contributed by atoms with Crippen molar-refractivity contribution in [3.63, 3.8) is 0 Å². The molecule has 32 heavy (non-hydrogen) atoms. The highest BCUT2D eigenvalue weighted by atomic mass is 19.1. The molecule has 0 saturated carbocycles. The Balaban J connectivity index is 1.69. The van der Waals surface area contributed by atoms with Crippen LogP contribution in [0.5, 0.6) is 5.75 Å². The number of carbonyl (C=O) groups excluding carboxylic acids is 1. The molecule has 7 heteroatoms. The molecule has 2 heterocycles. The Morgan fingerprint density at radius 2 is 1.81 bits per heavy atom. The van der Waals surface area contributed by atoms with E-state index >= 15 is 0 Å². The van der Waals surface area contributed by atoms with Gasteiger partial charge in [0, 0.05) is 38.0 Å². The SMILES string of the molecule is Cc1ccc2c(N3CCN(C(=O)CC(C)(C)C)CC3)nc(-c3c(O)cccc3F)nc2c1. The van der Waals surface area contributed by atoms with Gasteiger partial charge >= 0.3 is 0 Å². The zero-order valence-electron chi connectivity index (χ0n) is 19.0. The van der Waals surface area contributed by atoms with E-state index in [-0.39, 0.29) is 28.5 Å². The van der Waals surface area contributed by atoms with E-state index in [1.165, 1.54) is 18.2 Å². The molecule has 1 N–H and O–H groups in total. The third-order valence-electron chi connectivity index (χ3n) is 5.66. The molecular weight excluding hydrogens is 407 g/mol. The lowest BCUT2D eigenvalue weighted by Crippen LogP contribution is -2.49. The van der Waals surface area contributed by atoms with Crippen LogP contribution in [0.3, 0.4) is 0 Å². The van der Waals surface area contributed by atoms with Crippen LogP contribution >= 0.6 is 0 Å². The van der Waals surface area contributed by atoms with Crippen LogP contribution in [0.4, 0.5) is 10.2 Å². The topological polar surface area (TPSA) is 69.6 Å². The van der Waals surface area contributed by atoms with Crippen LogP contribution in [0, 0.1) is 18.2 Å². The maximum atomic E-state index is 14.6. The van der Waals surface area contributed by atoms with Gasteiger partial charge in [-0.05, 0) is 42.2 Å². The highest BCUT2D eigenvalue weighted by molar-refractivity contribution is 5.92. The van der Waals surface area contributed by atoms with E-state index in [0.717, 1.165) is 10.9 Å². The number of hydrogen-bond donors (Lipinski definition) is 1. The predicted molar refractivity (Wildman–Crippen MR) is 124 cm³/mol. The predicted octanol–water partition coefficient (Wildman–Crippen LogP) is 4.53. The summed E-state index contributed by atoms with van der Waals surface area (Å²) < 4.78 is 14.6. The van der Waals surface area contributed by atoms with Crippen molar-refractivity contribution in [3.05, 3.63) is 47.8 Å². The lowest BCUT2D eigenvalue weighted by Gasteiger charge is -2.37. The van der Waals surface area contributed by atoms with Crippen LogP contribution in [0.25, 0.3) is 22.3 Å². The van der Waals surface area contributed by atoms with E-state index in [0.29, 0.717) is 43.9 Å². The first-order chi connectivity index (χ1) is 15.1. The number of phenolic OH excluding ortho intramolecular Hbond substituents is 1. The Morgan fingerprint density at radius 1 is 1.09 bits per heavy atom. The largest absolute Gasteiger partial charge is 0.507 e. The molecule has 0 atom stereocenters. The van der Waals surface area contributed by atoms with Gasteiger partial charge in [-0.15, -0.1) is 0 Å². The van der Waals surface area contributed by atoms with Gasteiger partial charge in [-0.2, -0.15) is 0 Å². The summed E-state index contributed by atoms with van der Waals surface area (Å²) in [6.07, 6.45) is 0.513. The number of aryl methyl sites for hydroxylation is 1. The summed E-state index contributed by atoms with van der Waals surface area (Å²) in [6, 6.07) is 10.1. The van der Waals surface area contributed by atoms with Crippen molar-refractivity contribution >= 4 is 22.6 Å². The standard InChI is InChI=1S/C25H29FN4O2/c1-16-8-9-17-19(14-16)27-23(22-18(26)6-5-7-20(22)31)28-24(17)30-12-10-29(11-13-30)21(32)15-25(2,3)4/h5-9,14,31H,10-13,15H2,1-4H3. The van der Waals surface area contributed by atoms with Gasteiger partial charge in [0.05, 0.1) is 11.1 Å². The van der Waals surface area contributed by atoms with Crippen LogP contribution in [-0.4, -0.2) is 52.1 Å². The van der Waals surface area contributed by atoms with Crippen molar-refractivity contribution in [3.8, 4) is 17.1 Å². The fourth-order valence-electron chi connectivity index (χ4n) is 4.04. The third-order valence-corrected chi connectivity index (χ3v) is 5.66. The van der Waals surface area contributed by atoms with Gasteiger partial charge in [0.15, 0.2) is 5.82 Å². The average molecular weight is 437 g/mol. The van der Waals surface area contributed by atoms with Crippen LogP contribution < -0.4 is 4.90 Å². The number of carbonyl (C=O) groups is 1. The second-order valence-electron chi connectivity index (χ2n) is 9.63. The molecule has 1 saturated heterocycles. The molecule has 3 aromatic rings. The molecule has 4 rings (SSSR count). The monoisotopic (exact) mass is 436 g/mol. The summed E-state index contributed by atoms with van der Waals surface area (Å²) in [5.41, 5.74) is 1.67. The van der Waals surface area contributed by atoms with Crippen molar-refractivity contribution in [1.82, 2.24) is 14.9 Å². The van der Waals surface area contributed by atoms with Gasteiger partial charge in [-0.25, -0.2) is 14.4 Å². The highest BCUT2D eigenvalue weighted by Crippen LogP contribution is 2.34. The third kappa shape index (κ3) is 4.52. The van der Waals surface area contributed by atoms with Crippen molar-refractivity contribution in [1.29, 1.82) is 0 Å². The minimum Gasteiger partial charge on any atom is -0.507 e. The molecular formula is C25H29FN4O2. The molecule has 1 aliphatic heterocycles. The first-order valence-electron chi connectivity index (χ1n) is 10.9. The number of piperazine rings is 1. The quantitative estimate of drug-likeness (QED) is 0.653. The summed E-state index contributed by atoms with van der Waals surface area (Å²) >= 11 is 0. The average Bonchev–Trinajstić information content (AvgIpc) is 2.71. The Kier molecular flexibility index (Phi) is 5.75. The number of aromatic nitrogens is 2. The number of rotatable bonds is 3. The Hall–Kier alpha value is -3.22. The van der Waals surface area contributed by atoms with Gasteiger partial charge in [-0.3, -0.25) is 4.79 Å². The maximum Gasteiger partial charge on any atom is 0.223 e. The molecule has 6 nitrogen and oxygen atoms in total. The van der Waals surface area contributed by atoms with E-state index < -0.39 is 5.82 Å². The molecule has 0 bridgehead atoms. The van der Waals surface area contributed by atoms with Crippen LogP contribution in [0.2, 0.25) is 0 Å². The molecule has 168 valence electrons. The smallest absolute Gasteiger partial charge is 0.223 e. The van der Waals surface area contributed by atoms with E-state index in [2.05, 4.69) is 35.6 Å². The Morgan fingerprint density at radius 3 is 2.47 bits per heavy atom. The van der Waals surface area contributed by atoms with Crippen LogP contribution in [-0.2, 0) is 4.79 Å². The number of fused-ring (bicyclic) bond motifs is 1. The molecule has 0 unspecified atom stereocenters. The van der Waals surface area contributed by atoms with Gasteiger partial charge in [0.2, 0.25) is 5.91 Å². The first-order valence-corrected chi connectivity index (χ1v) is 10.9. The van der Waals surface area contributed by atoms with Crippen LogP contribution in [0.1, 0.15) is 32.8 Å². The molecule has 1 aliphatic rings. The summed E-state index contributed by atoms with van der Waals surface area (Å²) in [5.74, 6) is 0.244. The van der Waals surface area contributed by atoms with Gasteiger partial charge in [-0.1, -0.05) is 32.9 Å². The van der Waals surface area contributed by atoms with E-state index in [1.54, 1.807) is 0 Å². The fraction of sp³-hybridized carbons (Fsp3) is 0.400. The number of hydrogen-bond acceptors (Lipinski definition) is 5. The van der Waals surface area contributed by atoms with Crippen molar-refractivity contribution in [2.24, 2.45) is 5.41 Å².